The minimum Gasteiger partial charge on any atom is -0.595 e. The predicted molar refractivity (Wildman–Crippen MR) is 104 cm³/mol. The number of quaternary nitrogens is 2. The van der Waals surface area contributed by atoms with Gasteiger partial charge in [0, 0.05) is 41.0 Å². The van der Waals surface area contributed by atoms with Crippen molar-refractivity contribution >= 4 is 23.0 Å². The maximum atomic E-state index is 12.4. The molecule has 5 N–H and O–H groups in total. The lowest BCUT2D eigenvalue weighted by Gasteiger charge is -2.13. The van der Waals surface area contributed by atoms with Gasteiger partial charge in [-0.05, 0) is 18.2 Å². The Labute approximate surface area is 165 Å². The van der Waals surface area contributed by atoms with Gasteiger partial charge in [-0.25, -0.2) is 15.8 Å². The van der Waals surface area contributed by atoms with Crippen LogP contribution in [-0.2, 0) is 0 Å². The zero-order valence-corrected chi connectivity index (χ0v) is 15.1. The normalized spacial score (nSPS) is 13.6. The zero-order chi connectivity index (χ0) is 20.8. The van der Waals surface area contributed by atoms with E-state index in [0.717, 1.165) is 5.56 Å². The van der Waals surface area contributed by atoms with Crippen LogP contribution in [0.4, 0.5) is 11.4 Å². The molecule has 1 amide bonds. The standard InChI is InChI=1S/C20H18N4O5/c25-20(16-7-4-8-18(13-16)24(28)29)22-21-19(14-5-2-1-3-6-14)15-9-11-17(12-10-15)23(26)27/h1-13,23-24,26,28H,(H,22,25). The number of carbonyl (C=O) groups is 1. The highest BCUT2D eigenvalue weighted by atomic mass is 16.8. The first-order valence-electron chi connectivity index (χ1n) is 8.56. The molecule has 3 aromatic rings. The number of nitrogens with zero attached hydrogens (tertiary/aromatic N) is 1. The van der Waals surface area contributed by atoms with E-state index < -0.39 is 16.4 Å². The summed E-state index contributed by atoms with van der Waals surface area (Å²) in [7, 11) is 0. The minimum absolute atomic E-state index is 0.00540. The first-order valence-corrected chi connectivity index (χ1v) is 8.56. The average molecular weight is 394 g/mol. The van der Waals surface area contributed by atoms with Crippen molar-refractivity contribution in [1.29, 1.82) is 0 Å². The third-order valence-corrected chi connectivity index (χ3v) is 4.09. The fourth-order valence-electron chi connectivity index (χ4n) is 2.63. The molecule has 0 saturated carbocycles. The van der Waals surface area contributed by atoms with Gasteiger partial charge in [-0.2, -0.15) is 15.6 Å². The summed E-state index contributed by atoms with van der Waals surface area (Å²) in [5.74, 6) is -0.566. The summed E-state index contributed by atoms with van der Waals surface area (Å²) in [4.78, 5) is 12.4. The summed E-state index contributed by atoms with van der Waals surface area (Å²) >= 11 is 0. The second-order valence-electron chi connectivity index (χ2n) is 6.04. The summed E-state index contributed by atoms with van der Waals surface area (Å²) < 4.78 is 0. The number of hydrogen-bond acceptors (Lipinski definition) is 6. The molecule has 2 unspecified atom stereocenters. The summed E-state index contributed by atoms with van der Waals surface area (Å²) in [5.41, 5.74) is 4.49. The van der Waals surface area contributed by atoms with E-state index >= 15 is 0 Å². The Kier molecular flexibility index (Phi) is 6.42. The molecule has 9 nitrogen and oxygen atoms in total. The van der Waals surface area contributed by atoms with Crippen LogP contribution in [0.3, 0.4) is 0 Å². The monoisotopic (exact) mass is 394 g/mol. The molecule has 0 heterocycles. The van der Waals surface area contributed by atoms with Crippen molar-refractivity contribution in [2.24, 2.45) is 5.10 Å². The van der Waals surface area contributed by atoms with Crippen LogP contribution in [-0.4, -0.2) is 22.0 Å². The summed E-state index contributed by atoms with van der Waals surface area (Å²) in [6.07, 6.45) is 0. The Morgan fingerprint density at radius 2 is 1.34 bits per heavy atom. The first kappa shape index (κ1) is 20.3. The van der Waals surface area contributed by atoms with E-state index in [4.69, 9.17) is 10.4 Å². The molecule has 0 radical (unpaired) electrons. The Balaban J connectivity index is 1.91. The van der Waals surface area contributed by atoms with Crippen LogP contribution in [0.15, 0.2) is 84.0 Å². The van der Waals surface area contributed by atoms with E-state index in [2.05, 4.69) is 10.5 Å². The third kappa shape index (κ3) is 5.09. The van der Waals surface area contributed by atoms with Crippen molar-refractivity contribution in [3.63, 3.8) is 0 Å². The molecule has 2 atom stereocenters. The van der Waals surface area contributed by atoms with Gasteiger partial charge in [-0.3, -0.25) is 4.79 Å². The van der Waals surface area contributed by atoms with Crippen LogP contribution < -0.4 is 15.9 Å². The Hall–Kier alpha value is -3.44. The fourth-order valence-corrected chi connectivity index (χ4v) is 2.63. The lowest BCUT2D eigenvalue weighted by Crippen LogP contribution is -2.99. The topological polar surface area (TPSA) is 137 Å². The summed E-state index contributed by atoms with van der Waals surface area (Å²) in [6, 6.07) is 20.8. The molecule has 3 rings (SSSR count). The number of hydrazone groups is 1. The van der Waals surface area contributed by atoms with Crippen molar-refractivity contribution in [1.82, 2.24) is 5.43 Å². The SMILES string of the molecule is O=C(NN=C(c1ccccc1)c1ccc([NH+]([O-])O)cc1)c1cccc([NH+]([O-])O)c1. The van der Waals surface area contributed by atoms with Crippen LogP contribution in [0.5, 0.6) is 0 Å². The van der Waals surface area contributed by atoms with E-state index in [1.165, 1.54) is 36.4 Å². The quantitative estimate of drug-likeness (QED) is 0.309. The molecule has 0 aromatic heterocycles. The van der Waals surface area contributed by atoms with Crippen molar-refractivity contribution in [2.75, 3.05) is 0 Å². The molecule has 3 aromatic carbocycles. The molecule has 0 bridgehead atoms. The molecular weight excluding hydrogens is 376 g/mol. The maximum Gasteiger partial charge on any atom is 0.271 e. The number of amides is 1. The number of carbonyl (C=O) groups excluding carboxylic acids is 1. The second kappa shape index (κ2) is 9.17. The van der Waals surface area contributed by atoms with Crippen LogP contribution in [0.1, 0.15) is 21.5 Å². The van der Waals surface area contributed by atoms with E-state index in [-0.39, 0.29) is 16.9 Å². The lowest BCUT2D eigenvalue weighted by molar-refractivity contribution is -0.991. The molecule has 0 aliphatic heterocycles. The third-order valence-electron chi connectivity index (χ3n) is 4.09. The van der Waals surface area contributed by atoms with Crippen LogP contribution in [0, 0.1) is 10.4 Å². The van der Waals surface area contributed by atoms with Crippen LogP contribution >= 0.6 is 0 Å². The van der Waals surface area contributed by atoms with Crippen LogP contribution in [0.25, 0.3) is 0 Å². The first-order chi connectivity index (χ1) is 14.0. The van der Waals surface area contributed by atoms with Gasteiger partial charge in [0.2, 0.25) is 0 Å². The van der Waals surface area contributed by atoms with Gasteiger partial charge in [0.25, 0.3) is 5.91 Å². The molecule has 0 aliphatic carbocycles. The van der Waals surface area contributed by atoms with Gasteiger partial charge < -0.3 is 10.4 Å². The molecule has 0 fully saturated rings. The number of rotatable bonds is 6. The van der Waals surface area contributed by atoms with E-state index in [1.807, 2.05) is 18.2 Å². The van der Waals surface area contributed by atoms with E-state index in [1.54, 1.807) is 24.3 Å². The number of nitrogens with one attached hydrogen (secondary N) is 3. The Morgan fingerprint density at radius 3 is 1.97 bits per heavy atom. The minimum atomic E-state index is -1.13. The molecule has 0 saturated heterocycles. The summed E-state index contributed by atoms with van der Waals surface area (Å²) in [5, 5.41) is 42.3. The van der Waals surface area contributed by atoms with Crippen molar-refractivity contribution in [3.8, 4) is 0 Å². The molecule has 9 heteroatoms. The smallest absolute Gasteiger partial charge is 0.271 e. The summed E-state index contributed by atoms with van der Waals surface area (Å²) in [6.45, 7) is 0. The molecular formula is C20H18N4O5. The Bertz CT molecular complexity index is 1000. The highest BCUT2D eigenvalue weighted by Crippen LogP contribution is 2.13. The van der Waals surface area contributed by atoms with Gasteiger partial charge in [-0.15, -0.1) is 0 Å². The lowest BCUT2D eigenvalue weighted by atomic mass is 10.0. The van der Waals surface area contributed by atoms with Gasteiger partial charge in [0.1, 0.15) is 0 Å². The molecule has 0 spiro atoms. The second-order valence-corrected chi connectivity index (χ2v) is 6.04. The van der Waals surface area contributed by atoms with Crippen molar-refractivity contribution < 1.29 is 25.7 Å². The molecule has 0 aliphatic rings. The molecule has 148 valence electrons. The van der Waals surface area contributed by atoms with Gasteiger partial charge in [0.05, 0.1) is 5.71 Å². The van der Waals surface area contributed by atoms with Crippen LogP contribution in [0.2, 0.25) is 0 Å². The highest BCUT2D eigenvalue weighted by Gasteiger charge is 2.12. The molecule has 29 heavy (non-hydrogen) atoms. The maximum absolute atomic E-state index is 12.4. The predicted octanol–water partition coefficient (Wildman–Crippen LogP) is 0.676. The van der Waals surface area contributed by atoms with Gasteiger partial charge >= 0.3 is 0 Å². The Morgan fingerprint density at radius 1 is 0.759 bits per heavy atom. The van der Waals surface area contributed by atoms with Crippen molar-refractivity contribution in [3.05, 3.63) is 106 Å². The van der Waals surface area contributed by atoms with Gasteiger partial charge in [0.15, 0.2) is 11.4 Å². The fraction of sp³-hybridized carbons (Fsp3) is 0. The largest absolute Gasteiger partial charge is 0.595 e. The van der Waals surface area contributed by atoms with Crippen molar-refractivity contribution in [2.45, 2.75) is 0 Å². The number of hydrogen-bond donors (Lipinski definition) is 5. The zero-order valence-electron chi connectivity index (χ0n) is 15.1. The van der Waals surface area contributed by atoms with E-state index in [9.17, 15) is 15.2 Å². The highest BCUT2D eigenvalue weighted by molar-refractivity contribution is 6.13. The van der Waals surface area contributed by atoms with E-state index in [0.29, 0.717) is 11.3 Å². The average Bonchev–Trinajstić information content (AvgIpc) is 2.75. The van der Waals surface area contributed by atoms with Gasteiger partial charge in [-0.1, -0.05) is 36.4 Å². The number of benzene rings is 3.